The number of aliphatic hydroxyl groups is 2. The summed E-state index contributed by atoms with van der Waals surface area (Å²) in [5, 5.41) is 35.8. The van der Waals surface area contributed by atoms with Gasteiger partial charge < -0.3 is 30.3 Å². The Kier molecular flexibility index (Phi) is 8.39. The van der Waals surface area contributed by atoms with Crippen LogP contribution in [0, 0.1) is 10.1 Å². The number of nitro groups is 1. The smallest absolute Gasteiger partial charge is 0.315 e. The average Bonchev–Trinajstić information content (AvgIpc) is 2.76. The summed E-state index contributed by atoms with van der Waals surface area (Å²) in [7, 11) is 3.09. The second-order valence-electron chi connectivity index (χ2n) is 6.42. The number of hydrogen-bond donors (Lipinski definition) is 4. The summed E-state index contributed by atoms with van der Waals surface area (Å²) in [6.45, 7) is -0.200. The van der Waals surface area contributed by atoms with Crippen LogP contribution < -0.4 is 20.1 Å². The van der Waals surface area contributed by atoms with Crippen molar-refractivity contribution in [3.05, 3.63) is 63.7 Å². The molecular formula is C20H25N3O7. The number of nitrogens with one attached hydrogen (secondary N) is 2. The lowest BCUT2D eigenvalue weighted by Crippen LogP contribution is -2.47. The molecule has 2 unspecified atom stereocenters. The van der Waals surface area contributed by atoms with Crippen LogP contribution in [0.2, 0.25) is 0 Å². The number of carbonyl (C=O) groups excluding carboxylic acids is 1. The Bertz CT molecular complexity index is 858. The molecule has 0 aliphatic rings. The van der Waals surface area contributed by atoms with E-state index in [4.69, 9.17) is 9.47 Å². The maximum absolute atomic E-state index is 12.1. The molecule has 4 N–H and O–H groups in total. The highest BCUT2D eigenvalue weighted by atomic mass is 16.6. The number of methoxy groups -OCH3 is 2. The molecule has 0 spiro atoms. The number of rotatable bonds is 10. The fourth-order valence-corrected chi connectivity index (χ4v) is 2.83. The largest absolute Gasteiger partial charge is 0.493 e. The summed E-state index contributed by atoms with van der Waals surface area (Å²) in [5.74, 6) is 1.20. The van der Waals surface area contributed by atoms with E-state index >= 15 is 0 Å². The molecule has 0 bridgehead atoms. The van der Waals surface area contributed by atoms with Gasteiger partial charge in [0.05, 0.1) is 31.8 Å². The lowest BCUT2D eigenvalue weighted by Gasteiger charge is -2.22. The second kappa shape index (κ2) is 11.0. The number of nitro benzene ring substituents is 1. The fourth-order valence-electron chi connectivity index (χ4n) is 2.83. The predicted molar refractivity (Wildman–Crippen MR) is 109 cm³/mol. The Balaban J connectivity index is 1.88. The van der Waals surface area contributed by atoms with E-state index in [9.17, 15) is 25.1 Å². The van der Waals surface area contributed by atoms with Gasteiger partial charge in [-0.25, -0.2) is 4.79 Å². The summed E-state index contributed by atoms with van der Waals surface area (Å²) in [4.78, 5) is 22.3. The maximum Gasteiger partial charge on any atom is 0.315 e. The molecular weight excluding hydrogens is 394 g/mol. The third kappa shape index (κ3) is 6.06. The Morgan fingerprint density at radius 2 is 1.80 bits per heavy atom. The Morgan fingerprint density at radius 1 is 1.13 bits per heavy atom. The SMILES string of the molecule is COc1ccc(CCNC(=O)NC(CO)C(O)c2ccc([N+](=O)[O-])cc2)cc1OC. The molecule has 162 valence electrons. The third-order valence-corrected chi connectivity index (χ3v) is 4.49. The molecule has 30 heavy (non-hydrogen) atoms. The van der Waals surface area contributed by atoms with Gasteiger partial charge in [-0.1, -0.05) is 6.07 Å². The number of carbonyl (C=O) groups is 1. The average molecular weight is 419 g/mol. The lowest BCUT2D eigenvalue weighted by atomic mass is 10.0. The van der Waals surface area contributed by atoms with E-state index in [2.05, 4.69) is 10.6 Å². The number of benzene rings is 2. The van der Waals surface area contributed by atoms with E-state index in [-0.39, 0.29) is 5.69 Å². The van der Waals surface area contributed by atoms with Crippen LogP contribution in [0.4, 0.5) is 10.5 Å². The Labute approximate surface area is 173 Å². The lowest BCUT2D eigenvalue weighted by molar-refractivity contribution is -0.384. The summed E-state index contributed by atoms with van der Waals surface area (Å²) in [5.41, 5.74) is 1.15. The van der Waals surface area contributed by atoms with E-state index in [0.717, 1.165) is 5.56 Å². The number of hydrogen-bond acceptors (Lipinski definition) is 7. The number of urea groups is 1. The third-order valence-electron chi connectivity index (χ3n) is 4.49. The van der Waals surface area contributed by atoms with Gasteiger partial charge in [-0.15, -0.1) is 0 Å². The van der Waals surface area contributed by atoms with Gasteiger partial charge in [-0.3, -0.25) is 10.1 Å². The van der Waals surface area contributed by atoms with Crippen molar-refractivity contribution < 1.29 is 29.4 Å². The van der Waals surface area contributed by atoms with Crippen LogP contribution in [0.15, 0.2) is 42.5 Å². The first-order valence-electron chi connectivity index (χ1n) is 9.18. The molecule has 0 saturated heterocycles. The van der Waals surface area contributed by atoms with Crippen molar-refractivity contribution >= 4 is 11.7 Å². The molecule has 0 aromatic heterocycles. The molecule has 0 radical (unpaired) electrons. The Morgan fingerprint density at radius 3 is 2.37 bits per heavy atom. The number of ether oxygens (including phenoxy) is 2. The van der Waals surface area contributed by atoms with Crippen molar-refractivity contribution in [3.8, 4) is 11.5 Å². The standard InChI is InChI=1S/C20H25N3O7/c1-29-17-8-3-13(11-18(17)30-2)9-10-21-20(26)22-16(12-24)19(25)14-4-6-15(7-5-14)23(27)28/h3-8,11,16,19,24-25H,9-10,12H2,1-2H3,(H2,21,22,26). The zero-order valence-electron chi connectivity index (χ0n) is 16.7. The van der Waals surface area contributed by atoms with Gasteiger partial charge in [-0.05, 0) is 41.8 Å². The van der Waals surface area contributed by atoms with Crippen LogP contribution in [-0.4, -0.2) is 54.6 Å². The molecule has 2 aromatic carbocycles. The van der Waals surface area contributed by atoms with Crippen molar-refractivity contribution in [2.75, 3.05) is 27.4 Å². The number of amides is 2. The van der Waals surface area contributed by atoms with Gasteiger partial charge in [0.1, 0.15) is 6.10 Å². The van der Waals surface area contributed by atoms with Crippen molar-refractivity contribution in [2.45, 2.75) is 18.6 Å². The number of nitrogens with zero attached hydrogens (tertiary/aromatic N) is 1. The van der Waals surface area contributed by atoms with Crippen LogP contribution in [0.25, 0.3) is 0 Å². The van der Waals surface area contributed by atoms with E-state index < -0.39 is 29.7 Å². The first kappa shape index (κ1) is 22.9. The van der Waals surface area contributed by atoms with Crippen LogP contribution in [0.1, 0.15) is 17.2 Å². The highest BCUT2D eigenvalue weighted by molar-refractivity contribution is 5.74. The molecule has 10 nitrogen and oxygen atoms in total. The van der Waals surface area contributed by atoms with Gasteiger partial charge in [0, 0.05) is 18.7 Å². The van der Waals surface area contributed by atoms with Gasteiger partial charge in [0.15, 0.2) is 11.5 Å². The molecule has 2 rings (SSSR count). The topological polar surface area (TPSA) is 143 Å². The summed E-state index contributed by atoms with van der Waals surface area (Å²) >= 11 is 0. The van der Waals surface area contributed by atoms with Gasteiger partial charge in [0.2, 0.25) is 0 Å². The Hall–Kier alpha value is -3.37. The summed E-state index contributed by atoms with van der Waals surface area (Å²) in [6.07, 6.45) is -0.699. The van der Waals surface area contributed by atoms with E-state index in [1.54, 1.807) is 20.3 Å². The minimum Gasteiger partial charge on any atom is -0.493 e. The number of aliphatic hydroxyl groups excluding tert-OH is 2. The quantitative estimate of drug-likeness (QED) is 0.338. The summed E-state index contributed by atoms with van der Waals surface area (Å²) < 4.78 is 10.4. The van der Waals surface area contributed by atoms with Gasteiger partial charge in [-0.2, -0.15) is 0 Å². The van der Waals surface area contributed by atoms with Crippen molar-refractivity contribution in [3.63, 3.8) is 0 Å². The van der Waals surface area contributed by atoms with Crippen molar-refractivity contribution in [1.82, 2.24) is 10.6 Å². The predicted octanol–water partition coefficient (Wildman–Crippen LogP) is 1.55. The second-order valence-corrected chi connectivity index (χ2v) is 6.42. The number of non-ortho nitro benzene ring substituents is 1. The molecule has 0 heterocycles. The zero-order chi connectivity index (χ0) is 22.1. The van der Waals surface area contributed by atoms with Gasteiger partial charge >= 0.3 is 6.03 Å². The minimum atomic E-state index is -1.23. The monoisotopic (exact) mass is 419 g/mol. The first-order valence-corrected chi connectivity index (χ1v) is 9.18. The van der Waals surface area contributed by atoms with E-state index in [1.807, 2.05) is 12.1 Å². The normalized spacial score (nSPS) is 12.5. The van der Waals surface area contributed by atoms with E-state index in [0.29, 0.717) is 30.0 Å². The van der Waals surface area contributed by atoms with Gasteiger partial charge in [0.25, 0.3) is 5.69 Å². The maximum atomic E-state index is 12.1. The highest BCUT2D eigenvalue weighted by Gasteiger charge is 2.22. The molecule has 2 aromatic rings. The van der Waals surface area contributed by atoms with Crippen LogP contribution in [-0.2, 0) is 6.42 Å². The molecule has 0 aliphatic heterocycles. The van der Waals surface area contributed by atoms with Crippen molar-refractivity contribution in [2.24, 2.45) is 0 Å². The molecule has 0 saturated carbocycles. The van der Waals surface area contributed by atoms with Crippen LogP contribution in [0.5, 0.6) is 11.5 Å². The first-order chi connectivity index (χ1) is 14.4. The molecule has 10 heteroatoms. The van der Waals surface area contributed by atoms with Crippen LogP contribution in [0.3, 0.4) is 0 Å². The van der Waals surface area contributed by atoms with Crippen molar-refractivity contribution in [1.29, 1.82) is 0 Å². The molecule has 0 aliphatic carbocycles. The molecule has 0 fully saturated rings. The minimum absolute atomic E-state index is 0.118. The fraction of sp³-hybridized carbons (Fsp3) is 0.350. The zero-order valence-corrected chi connectivity index (χ0v) is 16.7. The van der Waals surface area contributed by atoms with E-state index in [1.165, 1.54) is 24.3 Å². The summed E-state index contributed by atoms with van der Waals surface area (Å²) in [6, 6.07) is 9.15. The molecule has 2 amide bonds. The molecule has 2 atom stereocenters. The van der Waals surface area contributed by atoms with Crippen LogP contribution >= 0.6 is 0 Å². The highest BCUT2D eigenvalue weighted by Crippen LogP contribution is 2.27.